The first kappa shape index (κ1) is 16.0. The van der Waals surface area contributed by atoms with E-state index in [1.807, 2.05) is 6.92 Å². The third-order valence-corrected chi connectivity index (χ3v) is 6.50. The molecule has 124 valence electrons. The van der Waals surface area contributed by atoms with E-state index in [9.17, 15) is 19.5 Å². The molecule has 7 heteroatoms. The molecule has 0 radical (unpaired) electrons. The standard InChI is InChI=1S/C16H20N2O4S/c1-6-7(2)23-15(10(6)13(17)19)18-14(20)11-8-3-4-9(5-8)12(11)16(21)22/h8-9,11-12H,3-5H2,1-2H3,(H2,17,19)(H,18,20)(H,21,22)/t8-,9+,11+,12+/m1/s1. The third kappa shape index (κ3) is 2.52. The molecule has 2 bridgehead atoms. The molecule has 1 aromatic rings. The molecule has 1 aromatic heterocycles. The SMILES string of the molecule is Cc1sc(NC(=O)[C@H]2[C@@H]3CC[C@@H](C3)[C@@H]2C(=O)O)c(C(N)=O)c1C. The Bertz CT molecular complexity index is 696. The lowest BCUT2D eigenvalue weighted by Crippen LogP contribution is -2.38. The number of carbonyl (C=O) groups is 3. The topological polar surface area (TPSA) is 109 Å². The van der Waals surface area contributed by atoms with Gasteiger partial charge < -0.3 is 16.2 Å². The van der Waals surface area contributed by atoms with Crippen molar-refractivity contribution in [3.63, 3.8) is 0 Å². The van der Waals surface area contributed by atoms with Crippen LogP contribution >= 0.6 is 11.3 Å². The number of fused-ring (bicyclic) bond motifs is 2. The second-order valence-electron chi connectivity index (χ2n) is 6.56. The number of aryl methyl sites for hydroxylation is 1. The normalized spacial score (nSPS) is 28.8. The van der Waals surface area contributed by atoms with Gasteiger partial charge in [0.15, 0.2) is 0 Å². The van der Waals surface area contributed by atoms with Crippen LogP contribution in [0.1, 0.15) is 40.1 Å². The van der Waals surface area contributed by atoms with E-state index in [4.69, 9.17) is 5.73 Å². The fourth-order valence-corrected chi connectivity index (χ4v) is 5.30. The number of thiophene rings is 1. The summed E-state index contributed by atoms with van der Waals surface area (Å²) in [6.07, 6.45) is 2.59. The predicted octanol–water partition coefficient (Wildman–Crippen LogP) is 2.15. The van der Waals surface area contributed by atoms with Gasteiger partial charge >= 0.3 is 5.97 Å². The first-order valence-corrected chi connectivity index (χ1v) is 8.56. The highest BCUT2D eigenvalue weighted by atomic mass is 32.1. The van der Waals surface area contributed by atoms with Crippen molar-refractivity contribution >= 4 is 34.1 Å². The minimum absolute atomic E-state index is 0.0932. The van der Waals surface area contributed by atoms with E-state index in [1.54, 1.807) is 6.92 Å². The van der Waals surface area contributed by atoms with Gasteiger partial charge in [0.2, 0.25) is 5.91 Å². The van der Waals surface area contributed by atoms with Crippen molar-refractivity contribution in [1.29, 1.82) is 0 Å². The zero-order valence-electron chi connectivity index (χ0n) is 13.1. The van der Waals surface area contributed by atoms with E-state index in [0.717, 1.165) is 29.7 Å². The number of nitrogens with one attached hydrogen (secondary N) is 1. The van der Waals surface area contributed by atoms with E-state index in [1.165, 1.54) is 11.3 Å². The quantitative estimate of drug-likeness (QED) is 0.782. The summed E-state index contributed by atoms with van der Waals surface area (Å²) >= 11 is 1.31. The summed E-state index contributed by atoms with van der Waals surface area (Å²) < 4.78 is 0. The molecular formula is C16H20N2O4S. The second-order valence-corrected chi connectivity index (χ2v) is 7.79. The van der Waals surface area contributed by atoms with Crippen molar-refractivity contribution in [1.82, 2.24) is 0 Å². The van der Waals surface area contributed by atoms with E-state index in [-0.39, 0.29) is 17.7 Å². The van der Waals surface area contributed by atoms with Gasteiger partial charge in [-0.05, 0) is 50.5 Å². The predicted molar refractivity (Wildman–Crippen MR) is 86.4 cm³/mol. The average molecular weight is 336 g/mol. The molecular weight excluding hydrogens is 316 g/mol. The summed E-state index contributed by atoms with van der Waals surface area (Å²) in [5.74, 6) is -2.69. The minimum atomic E-state index is -0.897. The molecule has 3 rings (SSSR count). The molecule has 0 aliphatic heterocycles. The maximum Gasteiger partial charge on any atom is 0.307 e. The zero-order chi connectivity index (χ0) is 16.9. The number of aliphatic carboxylic acids is 1. The fourth-order valence-electron chi connectivity index (χ4n) is 4.23. The van der Waals surface area contributed by atoms with Crippen molar-refractivity contribution in [2.75, 3.05) is 5.32 Å². The Kier molecular flexibility index (Phi) is 3.91. The molecule has 4 atom stereocenters. The molecule has 0 aromatic carbocycles. The van der Waals surface area contributed by atoms with Gasteiger partial charge in [0.1, 0.15) is 5.00 Å². The van der Waals surface area contributed by atoms with Crippen LogP contribution in [0.4, 0.5) is 5.00 Å². The van der Waals surface area contributed by atoms with Crippen molar-refractivity contribution in [2.24, 2.45) is 29.4 Å². The molecule has 1 heterocycles. The highest BCUT2D eigenvalue weighted by Gasteiger charge is 2.54. The molecule has 2 aliphatic carbocycles. The van der Waals surface area contributed by atoms with Gasteiger partial charge in [0, 0.05) is 4.88 Å². The van der Waals surface area contributed by atoms with Crippen LogP contribution in [-0.2, 0) is 9.59 Å². The van der Waals surface area contributed by atoms with Crippen LogP contribution < -0.4 is 11.1 Å². The van der Waals surface area contributed by atoms with Gasteiger partial charge in [-0.1, -0.05) is 0 Å². The van der Waals surface area contributed by atoms with Gasteiger partial charge in [0.25, 0.3) is 5.91 Å². The van der Waals surface area contributed by atoms with Gasteiger partial charge in [-0.3, -0.25) is 14.4 Å². The minimum Gasteiger partial charge on any atom is -0.481 e. The second kappa shape index (κ2) is 5.63. The molecule has 0 unspecified atom stereocenters. The largest absolute Gasteiger partial charge is 0.481 e. The lowest BCUT2D eigenvalue weighted by atomic mass is 9.79. The van der Waals surface area contributed by atoms with Crippen molar-refractivity contribution in [3.05, 3.63) is 16.0 Å². The molecule has 2 fully saturated rings. The smallest absolute Gasteiger partial charge is 0.307 e. The lowest BCUT2D eigenvalue weighted by Gasteiger charge is -2.26. The molecule has 2 amide bonds. The summed E-state index contributed by atoms with van der Waals surface area (Å²) in [7, 11) is 0. The number of nitrogens with two attached hydrogens (primary N) is 1. The number of primary amides is 1. The number of hydrogen-bond acceptors (Lipinski definition) is 4. The number of anilines is 1. The Morgan fingerprint density at radius 1 is 1.17 bits per heavy atom. The Labute approximate surface area is 138 Å². The molecule has 23 heavy (non-hydrogen) atoms. The first-order chi connectivity index (χ1) is 10.8. The van der Waals surface area contributed by atoms with E-state index >= 15 is 0 Å². The van der Waals surface area contributed by atoms with Crippen LogP contribution in [0.15, 0.2) is 0 Å². The fraction of sp³-hybridized carbons (Fsp3) is 0.562. The summed E-state index contributed by atoms with van der Waals surface area (Å²) in [5.41, 5.74) is 6.51. The molecule has 0 saturated heterocycles. The number of rotatable bonds is 4. The van der Waals surface area contributed by atoms with Crippen LogP contribution in [-0.4, -0.2) is 22.9 Å². The summed E-state index contributed by atoms with van der Waals surface area (Å²) in [4.78, 5) is 36.8. The third-order valence-electron chi connectivity index (χ3n) is 5.37. The number of carbonyl (C=O) groups excluding carboxylic acids is 2. The molecule has 0 spiro atoms. The van der Waals surface area contributed by atoms with Gasteiger partial charge in [-0.15, -0.1) is 11.3 Å². The number of hydrogen-bond donors (Lipinski definition) is 3. The van der Waals surface area contributed by atoms with Gasteiger partial charge in [0.05, 0.1) is 17.4 Å². The highest BCUT2D eigenvalue weighted by molar-refractivity contribution is 7.16. The number of amides is 2. The molecule has 2 aliphatic rings. The summed E-state index contributed by atoms with van der Waals surface area (Å²) in [6, 6.07) is 0. The average Bonchev–Trinajstić information content (AvgIpc) is 3.12. The van der Waals surface area contributed by atoms with Crippen molar-refractivity contribution in [2.45, 2.75) is 33.1 Å². The maximum atomic E-state index is 12.7. The number of carboxylic acids is 1. The highest BCUT2D eigenvalue weighted by Crippen LogP contribution is 2.52. The van der Waals surface area contributed by atoms with Crippen LogP contribution in [0.5, 0.6) is 0 Å². The maximum absolute atomic E-state index is 12.7. The molecule has 2 saturated carbocycles. The lowest BCUT2D eigenvalue weighted by molar-refractivity contribution is -0.148. The van der Waals surface area contributed by atoms with E-state index in [2.05, 4.69) is 5.32 Å². The van der Waals surface area contributed by atoms with Crippen LogP contribution in [0.3, 0.4) is 0 Å². The molecule has 6 nitrogen and oxygen atoms in total. The Hall–Kier alpha value is -1.89. The zero-order valence-corrected chi connectivity index (χ0v) is 13.9. The van der Waals surface area contributed by atoms with Crippen LogP contribution in [0.25, 0.3) is 0 Å². The monoisotopic (exact) mass is 336 g/mol. The van der Waals surface area contributed by atoms with Crippen LogP contribution in [0, 0.1) is 37.5 Å². The Morgan fingerprint density at radius 2 is 1.78 bits per heavy atom. The number of carboxylic acid groups (broad SMARTS) is 1. The molecule has 4 N–H and O–H groups in total. The van der Waals surface area contributed by atoms with Crippen molar-refractivity contribution in [3.8, 4) is 0 Å². The van der Waals surface area contributed by atoms with Crippen LogP contribution in [0.2, 0.25) is 0 Å². The Balaban J connectivity index is 1.86. The van der Waals surface area contributed by atoms with E-state index in [0.29, 0.717) is 10.6 Å². The van der Waals surface area contributed by atoms with E-state index < -0.39 is 23.7 Å². The summed E-state index contributed by atoms with van der Waals surface area (Å²) in [6.45, 7) is 3.65. The summed E-state index contributed by atoms with van der Waals surface area (Å²) in [5, 5.41) is 12.7. The Morgan fingerprint density at radius 3 is 2.35 bits per heavy atom. The first-order valence-electron chi connectivity index (χ1n) is 7.74. The van der Waals surface area contributed by atoms with Crippen molar-refractivity contribution < 1.29 is 19.5 Å². The van der Waals surface area contributed by atoms with Gasteiger partial charge in [-0.2, -0.15) is 0 Å². The van der Waals surface area contributed by atoms with Gasteiger partial charge in [-0.25, -0.2) is 0 Å².